The minimum absolute atomic E-state index is 0.272. The number of nitrogens with one attached hydrogen (secondary N) is 2. The Morgan fingerprint density at radius 2 is 1.71 bits per heavy atom. The molecule has 6 nitrogen and oxygen atoms in total. The van der Waals surface area contributed by atoms with Gasteiger partial charge in [-0.25, -0.2) is 4.79 Å². The van der Waals surface area contributed by atoms with Crippen molar-refractivity contribution in [3.8, 4) is 5.75 Å². The van der Waals surface area contributed by atoms with Gasteiger partial charge in [0.2, 0.25) is 6.10 Å². The van der Waals surface area contributed by atoms with E-state index in [-0.39, 0.29) is 5.75 Å². The first-order chi connectivity index (χ1) is 13.6. The Bertz CT molecular complexity index is 1000. The van der Waals surface area contributed by atoms with E-state index in [0.717, 1.165) is 10.8 Å². The van der Waals surface area contributed by atoms with Crippen LogP contribution >= 0.6 is 0 Å². The second kappa shape index (κ2) is 8.81. The predicted octanol–water partition coefficient (Wildman–Crippen LogP) is 3.62. The maximum atomic E-state index is 12.7. The molecule has 28 heavy (non-hydrogen) atoms. The Hall–Kier alpha value is -3.67. The van der Waals surface area contributed by atoms with Gasteiger partial charge in [-0.1, -0.05) is 60.7 Å². The molecule has 0 fully saturated rings. The fraction of sp³-hybridized carbons (Fsp3) is 0.136. The first kappa shape index (κ1) is 19.1. The fourth-order valence-corrected chi connectivity index (χ4v) is 2.91. The van der Waals surface area contributed by atoms with E-state index in [0.29, 0.717) is 24.0 Å². The van der Waals surface area contributed by atoms with Gasteiger partial charge in [0.1, 0.15) is 5.75 Å². The lowest BCUT2D eigenvalue weighted by Gasteiger charge is -2.20. The molecule has 0 aliphatic heterocycles. The van der Waals surface area contributed by atoms with E-state index in [1.54, 1.807) is 37.3 Å². The monoisotopic (exact) mass is 376 g/mol. The summed E-state index contributed by atoms with van der Waals surface area (Å²) in [6.45, 7) is 2.14. The quantitative estimate of drug-likeness (QED) is 0.644. The van der Waals surface area contributed by atoms with E-state index in [9.17, 15) is 14.4 Å². The molecule has 1 atom stereocenters. The summed E-state index contributed by atoms with van der Waals surface area (Å²) in [5.74, 6) is -0.351. The molecular weight excluding hydrogens is 356 g/mol. The van der Waals surface area contributed by atoms with Crippen LogP contribution in [0.1, 0.15) is 28.9 Å². The first-order valence-electron chi connectivity index (χ1n) is 8.91. The highest BCUT2D eigenvalue weighted by atomic mass is 16.5. The third-order valence-corrected chi connectivity index (χ3v) is 4.21. The van der Waals surface area contributed by atoms with Gasteiger partial charge < -0.3 is 10.1 Å². The third kappa shape index (κ3) is 4.17. The Kier molecular flexibility index (Phi) is 6.01. The highest BCUT2D eigenvalue weighted by Crippen LogP contribution is 2.30. The van der Waals surface area contributed by atoms with Crippen LogP contribution in [0.15, 0.2) is 66.7 Å². The Morgan fingerprint density at radius 1 is 1.00 bits per heavy atom. The summed E-state index contributed by atoms with van der Waals surface area (Å²) in [7, 11) is 0. The van der Waals surface area contributed by atoms with E-state index in [2.05, 4.69) is 10.6 Å². The van der Waals surface area contributed by atoms with Gasteiger partial charge in [-0.3, -0.25) is 14.9 Å². The van der Waals surface area contributed by atoms with Gasteiger partial charge in [0, 0.05) is 12.1 Å². The van der Waals surface area contributed by atoms with Crippen molar-refractivity contribution in [1.29, 1.82) is 0 Å². The molecule has 0 spiro atoms. The topological polar surface area (TPSA) is 84.5 Å². The van der Waals surface area contributed by atoms with Gasteiger partial charge in [-0.05, 0) is 23.8 Å². The zero-order valence-electron chi connectivity index (χ0n) is 15.3. The highest BCUT2D eigenvalue weighted by Gasteiger charge is 2.25. The molecule has 3 amide bonds. The summed E-state index contributed by atoms with van der Waals surface area (Å²) in [5, 5.41) is 6.40. The molecule has 3 rings (SSSR count). The lowest BCUT2D eigenvalue weighted by atomic mass is 10.0. The zero-order valence-corrected chi connectivity index (χ0v) is 15.3. The molecule has 2 N–H and O–H groups in total. The van der Waals surface area contributed by atoms with E-state index in [1.807, 2.05) is 36.4 Å². The summed E-state index contributed by atoms with van der Waals surface area (Å²) in [6.07, 6.45) is -0.384. The van der Waals surface area contributed by atoms with E-state index in [4.69, 9.17) is 4.74 Å². The first-order valence-corrected chi connectivity index (χ1v) is 8.91. The summed E-state index contributed by atoms with van der Waals surface area (Å²) < 4.78 is 5.95. The van der Waals surface area contributed by atoms with Crippen LogP contribution in [0.2, 0.25) is 0 Å². The second-order valence-corrected chi connectivity index (χ2v) is 6.07. The van der Waals surface area contributed by atoms with Crippen LogP contribution in [0.25, 0.3) is 10.8 Å². The summed E-state index contributed by atoms with van der Waals surface area (Å²) >= 11 is 0. The van der Waals surface area contributed by atoms with Crippen molar-refractivity contribution in [2.45, 2.75) is 13.0 Å². The number of carbonyl (C=O) groups is 3. The molecule has 0 heterocycles. The average Bonchev–Trinajstić information content (AvgIpc) is 2.72. The van der Waals surface area contributed by atoms with Crippen LogP contribution in [0.3, 0.4) is 0 Å². The standard InChI is InChI=1S/C22H20N2O4/c1-2-23-22(27)24-21(26)20(16-9-4-3-5-10-16)28-19-13-12-15-8-6-7-11-17(15)18(19)14-25/h3-14,20H,2H2,1H3,(H2,23,24,26,27)/t20-/m1/s1. The molecule has 0 aliphatic carbocycles. The molecule has 0 unspecified atom stereocenters. The van der Waals surface area contributed by atoms with Crippen LogP contribution in [-0.4, -0.2) is 24.8 Å². The molecular formula is C22H20N2O4. The van der Waals surface area contributed by atoms with Crippen molar-refractivity contribution in [3.63, 3.8) is 0 Å². The van der Waals surface area contributed by atoms with Crippen molar-refractivity contribution in [2.75, 3.05) is 6.54 Å². The lowest BCUT2D eigenvalue weighted by Crippen LogP contribution is -2.42. The normalized spacial score (nSPS) is 11.5. The molecule has 3 aromatic rings. The van der Waals surface area contributed by atoms with Crippen molar-refractivity contribution in [2.24, 2.45) is 0 Å². The molecule has 3 aromatic carbocycles. The van der Waals surface area contributed by atoms with Gasteiger partial charge in [0.15, 0.2) is 6.29 Å². The number of urea groups is 1. The maximum Gasteiger partial charge on any atom is 0.321 e. The van der Waals surface area contributed by atoms with Gasteiger partial charge >= 0.3 is 6.03 Å². The molecule has 0 bridgehead atoms. The van der Waals surface area contributed by atoms with Gasteiger partial charge in [0.25, 0.3) is 5.91 Å². The molecule has 0 aromatic heterocycles. The molecule has 0 radical (unpaired) electrons. The summed E-state index contributed by atoms with van der Waals surface area (Å²) in [6, 6.07) is 19.1. The Balaban J connectivity index is 1.98. The van der Waals surface area contributed by atoms with Crippen LogP contribution in [-0.2, 0) is 4.79 Å². The summed E-state index contributed by atoms with van der Waals surface area (Å²) in [4.78, 5) is 36.2. The zero-order chi connectivity index (χ0) is 19.9. The van der Waals surface area contributed by atoms with Gasteiger partial charge in [-0.15, -0.1) is 0 Å². The average molecular weight is 376 g/mol. The minimum atomic E-state index is -1.09. The Labute approximate surface area is 162 Å². The fourth-order valence-electron chi connectivity index (χ4n) is 2.91. The molecule has 142 valence electrons. The van der Waals surface area contributed by atoms with E-state index >= 15 is 0 Å². The maximum absolute atomic E-state index is 12.7. The van der Waals surface area contributed by atoms with Gasteiger partial charge in [-0.2, -0.15) is 0 Å². The molecule has 0 saturated carbocycles. The van der Waals surface area contributed by atoms with E-state index < -0.39 is 18.0 Å². The number of amides is 3. The number of benzene rings is 3. The number of aldehydes is 1. The summed E-state index contributed by atoms with van der Waals surface area (Å²) in [5.41, 5.74) is 0.916. The SMILES string of the molecule is CCNC(=O)NC(=O)[C@H](Oc1ccc2ccccc2c1C=O)c1ccccc1. The third-order valence-electron chi connectivity index (χ3n) is 4.21. The van der Waals surface area contributed by atoms with E-state index in [1.165, 1.54) is 0 Å². The molecule has 6 heteroatoms. The smallest absolute Gasteiger partial charge is 0.321 e. The molecule has 0 aliphatic rings. The Morgan fingerprint density at radius 3 is 2.43 bits per heavy atom. The van der Waals surface area contributed by atoms with Crippen LogP contribution < -0.4 is 15.4 Å². The number of hydrogen-bond donors (Lipinski definition) is 2. The van der Waals surface area contributed by atoms with Crippen LogP contribution in [0, 0.1) is 0 Å². The number of carbonyl (C=O) groups excluding carboxylic acids is 3. The highest BCUT2D eigenvalue weighted by molar-refractivity contribution is 6.01. The van der Waals surface area contributed by atoms with Crippen molar-refractivity contribution >= 4 is 29.0 Å². The van der Waals surface area contributed by atoms with Crippen molar-refractivity contribution < 1.29 is 19.1 Å². The molecule has 0 saturated heterocycles. The van der Waals surface area contributed by atoms with Crippen molar-refractivity contribution in [3.05, 3.63) is 77.9 Å². The number of imide groups is 1. The van der Waals surface area contributed by atoms with Crippen LogP contribution in [0.4, 0.5) is 4.79 Å². The van der Waals surface area contributed by atoms with Crippen molar-refractivity contribution in [1.82, 2.24) is 10.6 Å². The predicted molar refractivity (Wildman–Crippen MR) is 106 cm³/mol. The van der Waals surface area contributed by atoms with Gasteiger partial charge in [0.05, 0.1) is 5.56 Å². The number of fused-ring (bicyclic) bond motifs is 1. The lowest BCUT2D eigenvalue weighted by molar-refractivity contribution is -0.127. The number of hydrogen-bond acceptors (Lipinski definition) is 4. The second-order valence-electron chi connectivity index (χ2n) is 6.07. The number of rotatable bonds is 6. The van der Waals surface area contributed by atoms with Crippen LogP contribution in [0.5, 0.6) is 5.75 Å². The number of ether oxygens (including phenoxy) is 1. The minimum Gasteiger partial charge on any atom is -0.475 e. The largest absolute Gasteiger partial charge is 0.475 e.